The van der Waals surface area contributed by atoms with Crippen LogP contribution in [-0.2, 0) is 17.9 Å². The molecule has 2 aromatic rings. The van der Waals surface area contributed by atoms with Gasteiger partial charge in [0.25, 0.3) is 0 Å². The second kappa shape index (κ2) is 11.2. The van der Waals surface area contributed by atoms with Crippen molar-refractivity contribution in [3.8, 4) is 11.5 Å². The fourth-order valence-electron chi connectivity index (χ4n) is 3.42. The number of amides is 1. The number of benzene rings is 2. The Balaban J connectivity index is 1.53. The van der Waals surface area contributed by atoms with Gasteiger partial charge in [-0.1, -0.05) is 30.3 Å². The van der Waals surface area contributed by atoms with Crippen molar-refractivity contribution in [1.29, 1.82) is 0 Å². The molecular weight excluding hydrogens is 432 g/mol. The normalized spacial score (nSPS) is 13.7. The lowest BCUT2D eigenvalue weighted by molar-refractivity contribution is -0.127. The molecular formula is C23H29BrN2O3. The zero-order valence-corrected chi connectivity index (χ0v) is 18.5. The molecule has 1 aliphatic heterocycles. The van der Waals surface area contributed by atoms with Crippen molar-refractivity contribution in [1.82, 2.24) is 10.2 Å². The highest BCUT2D eigenvalue weighted by atomic mass is 79.9. The van der Waals surface area contributed by atoms with Crippen molar-refractivity contribution < 1.29 is 14.3 Å². The van der Waals surface area contributed by atoms with Gasteiger partial charge in [0.05, 0.1) is 11.1 Å². The van der Waals surface area contributed by atoms with Crippen molar-refractivity contribution in [2.75, 3.05) is 26.2 Å². The van der Waals surface area contributed by atoms with Crippen LogP contribution >= 0.6 is 15.9 Å². The molecule has 0 saturated carbocycles. The fraction of sp³-hybridized carbons (Fsp3) is 0.435. The Hall–Kier alpha value is -2.05. The molecule has 6 heteroatoms. The third-order valence-corrected chi connectivity index (χ3v) is 5.47. The molecule has 0 radical (unpaired) electrons. The highest BCUT2D eigenvalue weighted by Gasteiger charge is 2.19. The Labute approximate surface area is 181 Å². The number of likely N-dealkylation sites (tertiary alicyclic amines) is 1. The van der Waals surface area contributed by atoms with Crippen LogP contribution < -0.4 is 14.8 Å². The molecule has 0 bridgehead atoms. The van der Waals surface area contributed by atoms with Crippen LogP contribution in [0.4, 0.5) is 0 Å². The first kappa shape index (κ1) is 21.7. The van der Waals surface area contributed by atoms with Crippen molar-refractivity contribution in [2.45, 2.75) is 39.3 Å². The van der Waals surface area contributed by atoms with E-state index in [2.05, 4.69) is 27.3 Å². The maximum atomic E-state index is 11.6. The van der Waals surface area contributed by atoms with Crippen LogP contribution in [-0.4, -0.2) is 37.0 Å². The molecule has 1 saturated heterocycles. The lowest BCUT2D eigenvalue weighted by Gasteiger charge is -2.17. The molecule has 1 heterocycles. The van der Waals surface area contributed by atoms with Gasteiger partial charge in [0.1, 0.15) is 6.61 Å². The van der Waals surface area contributed by atoms with Gasteiger partial charge in [-0.05, 0) is 65.5 Å². The van der Waals surface area contributed by atoms with E-state index in [9.17, 15) is 4.79 Å². The lowest BCUT2D eigenvalue weighted by atomic mass is 10.2. The van der Waals surface area contributed by atoms with Crippen LogP contribution in [0, 0.1) is 0 Å². The summed E-state index contributed by atoms with van der Waals surface area (Å²) in [5.41, 5.74) is 2.24. The number of hydrogen-bond acceptors (Lipinski definition) is 4. The Morgan fingerprint density at radius 3 is 2.69 bits per heavy atom. The molecule has 1 N–H and O–H groups in total. The van der Waals surface area contributed by atoms with Crippen LogP contribution in [0.3, 0.4) is 0 Å². The molecule has 0 aromatic heterocycles. The molecule has 5 nitrogen and oxygen atoms in total. The molecule has 0 aliphatic carbocycles. The van der Waals surface area contributed by atoms with E-state index in [1.807, 2.05) is 48.2 Å². The second-order valence-electron chi connectivity index (χ2n) is 7.13. The Morgan fingerprint density at radius 2 is 1.97 bits per heavy atom. The monoisotopic (exact) mass is 460 g/mol. The zero-order valence-electron chi connectivity index (χ0n) is 17.0. The summed E-state index contributed by atoms with van der Waals surface area (Å²) in [6.07, 6.45) is 2.67. The number of rotatable bonds is 11. The molecule has 2 aromatic carbocycles. The van der Waals surface area contributed by atoms with E-state index in [1.165, 1.54) is 0 Å². The molecule has 0 spiro atoms. The van der Waals surface area contributed by atoms with Crippen LogP contribution in [0.5, 0.6) is 11.5 Å². The average Bonchev–Trinajstić information content (AvgIpc) is 3.13. The van der Waals surface area contributed by atoms with E-state index in [4.69, 9.17) is 9.47 Å². The lowest BCUT2D eigenvalue weighted by Crippen LogP contribution is -2.28. The average molecular weight is 461 g/mol. The van der Waals surface area contributed by atoms with E-state index in [0.29, 0.717) is 25.5 Å². The zero-order chi connectivity index (χ0) is 20.5. The summed E-state index contributed by atoms with van der Waals surface area (Å²) in [6, 6.07) is 14.2. The summed E-state index contributed by atoms with van der Waals surface area (Å²) < 4.78 is 12.8. The number of carbonyl (C=O) groups is 1. The highest BCUT2D eigenvalue weighted by Crippen LogP contribution is 2.37. The summed E-state index contributed by atoms with van der Waals surface area (Å²) in [5, 5.41) is 3.46. The SMILES string of the molecule is CCOc1cc(CNCCCN2CCCC2=O)cc(Br)c1OCc1ccccc1. The third kappa shape index (κ3) is 6.47. The summed E-state index contributed by atoms with van der Waals surface area (Å²) in [4.78, 5) is 13.6. The number of nitrogens with one attached hydrogen (secondary N) is 1. The molecule has 156 valence electrons. The quantitative estimate of drug-likeness (QED) is 0.500. The molecule has 1 fully saturated rings. The first-order chi connectivity index (χ1) is 14.2. The van der Waals surface area contributed by atoms with Gasteiger partial charge in [0.15, 0.2) is 11.5 Å². The topological polar surface area (TPSA) is 50.8 Å². The maximum absolute atomic E-state index is 11.6. The number of nitrogens with zero attached hydrogens (tertiary/aromatic N) is 1. The first-order valence-corrected chi connectivity index (χ1v) is 11.1. The molecule has 29 heavy (non-hydrogen) atoms. The molecule has 1 amide bonds. The Bertz CT molecular complexity index is 798. The predicted molar refractivity (Wildman–Crippen MR) is 118 cm³/mol. The van der Waals surface area contributed by atoms with Gasteiger partial charge < -0.3 is 19.7 Å². The highest BCUT2D eigenvalue weighted by molar-refractivity contribution is 9.10. The number of ether oxygens (including phenoxy) is 2. The minimum absolute atomic E-state index is 0.293. The van der Waals surface area contributed by atoms with Gasteiger partial charge in [-0.15, -0.1) is 0 Å². The van der Waals surface area contributed by atoms with E-state index < -0.39 is 0 Å². The van der Waals surface area contributed by atoms with Gasteiger partial charge >= 0.3 is 0 Å². The van der Waals surface area contributed by atoms with Crippen molar-refractivity contribution in [2.24, 2.45) is 0 Å². The minimum Gasteiger partial charge on any atom is -0.490 e. The van der Waals surface area contributed by atoms with Gasteiger partial charge in [-0.3, -0.25) is 4.79 Å². The molecule has 1 aliphatic rings. The van der Waals surface area contributed by atoms with Crippen molar-refractivity contribution >= 4 is 21.8 Å². The molecule has 3 rings (SSSR count). The number of hydrogen-bond donors (Lipinski definition) is 1. The van der Waals surface area contributed by atoms with Crippen LogP contribution in [0.1, 0.15) is 37.3 Å². The van der Waals surface area contributed by atoms with Crippen LogP contribution in [0.25, 0.3) is 0 Å². The van der Waals surface area contributed by atoms with E-state index in [1.54, 1.807) is 0 Å². The van der Waals surface area contributed by atoms with Crippen molar-refractivity contribution in [3.63, 3.8) is 0 Å². The van der Waals surface area contributed by atoms with Gasteiger partial charge in [-0.25, -0.2) is 0 Å². The van der Waals surface area contributed by atoms with E-state index in [-0.39, 0.29) is 0 Å². The van der Waals surface area contributed by atoms with Gasteiger partial charge in [0.2, 0.25) is 5.91 Å². The van der Waals surface area contributed by atoms with Crippen molar-refractivity contribution in [3.05, 3.63) is 58.1 Å². The Kier molecular flexibility index (Phi) is 8.38. The second-order valence-corrected chi connectivity index (χ2v) is 7.98. The fourth-order valence-corrected chi connectivity index (χ4v) is 4.03. The Morgan fingerprint density at radius 1 is 1.14 bits per heavy atom. The smallest absolute Gasteiger partial charge is 0.222 e. The van der Waals surface area contributed by atoms with Gasteiger partial charge in [0, 0.05) is 26.1 Å². The number of halogens is 1. The van der Waals surface area contributed by atoms with Crippen LogP contribution in [0.15, 0.2) is 46.9 Å². The first-order valence-electron chi connectivity index (χ1n) is 10.3. The standard InChI is InChI=1S/C23H29BrN2O3/c1-2-28-21-15-19(16-25-11-7-13-26-12-6-10-22(26)27)14-20(24)23(21)29-17-18-8-4-3-5-9-18/h3-5,8-9,14-15,25H,2,6-7,10-13,16-17H2,1H3. The maximum Gasteiger partial charge on any atom is 0.222 e. The van der Waals surface area contributed by atoms with E-state index >= 15 is 0 Å². The predicted octanol–water partition coefficient (Wildman–Crippen LogP) is 4.53. The summed E-state index contributed by atoms with van der Waals surface area (Å²) >= 11 is 3.64. The summed E-state index contributed by atoms with van der Waals surface area (Å²) in [5.74, 6) is 1.77. The largest absolute Gasteiger partial charge is 0.490 e. The van der Waals surface area contributed by atoms with Crippen LogP contribution in [0.2, 0.25) is 0 Å². The third-order valence-electron chi connectivity index (χ3n) is 4.88. The van der Waals surface area contributed by atoms with Gasteiger partial charge in [-0.2, -0.15) is 0 Å². The molecule has 0 unspecified atom stereocenters. The molecule has 0 atom stereocenters. The summed E-state index contributed by atoms with van der Waals surface area (Å²) in [7, 11) is 0. The number of carbonyl (C=O) groups excluding carboxylic acids is 1. The van der Waals surface area contributed by atoms with E-state index in [0.717, 1.165) is 66.1 Å². The minimum atomic E-state index is 0.293. The summed E-state index contributed by atoms with van der Waals surface area (Å²) in [6.45, 7) is 6.41.